The van der Waals surface area contributed by atoms with Gasteiger partial charge in [-0.15, -0.1) is 0 Å². The predicted molar refractivity (Wildman–Crippen MR) is 452 cm³/mol. The number of carbonyl (C=O) groups is 13. The van der Waals surface area contributed by atoms with Gasteiger partial charge < -0.3 is 72.2 Å². The highest BCUT2D eigenvalue weighted by Gasteiger charge is 2.38. The average Bonchev–Trinajstić information content (AvgIpc) is 0.836. The number of nitrogens with zero attached hydrogens (tertiary/aromatic N) is 6. The van der Waals surface area contributed by atoms with Gasteiger partial charge in [0.2, 0.25) is 6.79 Å². The zero-order chi connectivity index (χ0) is 87.4. The largest absolute Gasteiger partial charge is 0.478 e. The van der Waals surface area contributed by atoms with Gasteiger partial charge in [0.15, 0.2) is 0 Å². The highest BCUT2D eigenvalue weighted by atomic mass is 32.2. The van der Waals surface area contributed by atoms with E-state index in [0.29, 0.717) is 43.0 Å². The Bertz CT molecular complexity index is 3170. The Kier molecular flexibility index (Phi) is 72.8. The lowest BCUT2D eigenvalue weighted by Crippen LogP contribution is -2.49. The number of ether oxygens (including phenoxy) is 13. The Hall–Kier alpha value is -8.40. The number of esters is 13. The van der Waals surface area contributed by atoms with Crippen LogP contribution in [-0.2, 0) is 142 Å². The maximum Gasteiger partial charge on any atom is 0.478 e. The molecule has 119 heavy (non-hydrogen) atoms. The van der Waals surface area contributed by atoms with Crippen LogP contribution in [0.4, 0.5) is 0 Å². The lowest BCUT2D eigenvalue weighted by Gasteiger charge is -2.36. The van der Waals surface area contributed by atoms with E-state index in [1.807, 2.05) is 0 Å². The quantitative estimate of drug-likeness (QED) is 0.0142. The van der Waals surface area contributed by atoms with E-state index in [-0.39, 0.29) is 48.8 Å². The smallest absolute Gasteiger partial charge is 0.466 e. The maximum absolute atomic E-state index is 12.6. The highest BCUT2D eigenvalue weighted by molar-refractivity contribution is 8.14. The number of rotatable bonds is 35. The Labute approximate surface area is 708 Å². The average molecular weight is 1750 g/mol. The van der Waals surface area contributed by atoms with Crippen molar-refractivity contribution in [1.29, 1.82) is 0 Å². The fourth-order valence-corrected chi connectivity index (χ4v) is 11.8. The first kappa shape index (κ1) is 121. The number of likely N-dealkylation sites (N-methyl/N-ethyl adjacent to an activating group) is 1. The first-order valence-electron chi connectivity index (χ1n) is 37.1. The molecule has 1 atom stereocenters. The van der Waals surface area contributed by atoms with E-state index in [0.717, 1.165) is 189 Å². The standard InChI is InChI=1S/C14H24N2O4.C14H25O8P.C12H20N2O4.C12H19NO6.C12H19NO4S.C12H19NO4.4CH4/c1-12(2)16-8-6-15(7-9-16)10-11-20-14(18)5-4-13(17)19-3;1-13(2,3)21-23(17,22-14(4,5)6)20-10-19-12(16)9-8-11(15)18-7;1-13-5-7-14(8-6-13)9-10-18-12(16)4-3-11(15)17-2;1-8(2)11(13)12(16)19-7-6-18-10(15)5-4-9(14)17-3;1-16-11(14)3-4-12(15)17-8-5-13-6-9-18(2)10-7-13;1-16-11(14)5-6-12(15)17-10-9-13-7-3-2-4-8-13;;;;/h4-5,12H,6-11H2,1-3H3;8-9H,10H2,1-7H3;3-4H,5-10H2,1-2H3;4-5,8,11H,6-7,13H2,1-3H3;3-4H,2,5-10H2,1H3;5-6H,2-4,7-10H2,1H3;4*1H4/b5-4+;9-8+;4-3+;5-4+;4-3+;6-5+;;;;/t;;;11-;;;;;;/m...0....../s1. The summed E-state index contributed by atoms with van der Waals surface area (Å²) in [5, 5.41) is 0. The van der Waals surface area contributed by atoms with Crippen LogP contribution in [0.2, 0.25) is 0 Å². The molecule has 4 rings (SSSR count). The molecule has 0 aromatic rings. The van der Waals surface area contributed by atoms with Crippen LogP contribution in [0, 0.1) is 5.92 Å². The molecular weight excluding hydrogens is 1600 g/mol. The highest BCUT2D eigenvalue weighted by Crippen LogP contribution is 2.55. The van der Waals surface area contributed by atoms with Crippen molar-refractivity contribution >= 4 is 102 Å². The SMILES string of the molecule is C.C.C.C.C=S1CCN(CCOC(=O)/C=C/C(=O)OC)CC1.COC(=O)/C=C/C(=O)OCCN1CCCCC1.COC(=O)/C=C/C(=O)OCCN1CCN(C(C)C)CC1.COC(=O)/C=C/C(=O)OCCN1CCN(C)CC1.COC(=O)/C=C/C(=O)OCCOC(=O)[C@@H](N)C(C)C.COC(=O)/C=C/C(=O)OCOP(=O)(OC(C)(C)C)OC(C)(C)C. The van der Waals surface area contributed by atoms with Crippen LogP contribution < -0.4 is 5.73 Å². The summed E-state index contributed by atoms with van der Waals surface area (Å²) in [6.07, 6.45) is 15.9. The van der Waals surface area contributed by atoms with Crippen LogP contribution in [0.5, 0.6) is 0 Å². The molecule has 0 unspecified atom stereocenters. The molecule has 37 nitrogen and oxygen atoms in total. The molecule has 4 aliphatic rings. The molecule has 0 bridgehead atoms. The zero-order valence-electron chi connectivity index (χ0n) is 70.0. The van der Waals surface area contributed by atoms with Crippen molar-refractivity contribution in [3.05, 3.63) is 72.9 Å². The molecule has 688 valence electrons. The first-order valence-corrected chi connectivity index (χ1v) is 40.3. The van der Waals surface area contributed by atoms with Crippen LogP contribution in [0.3, 0.4) is 0 Å². The van der Waals surface area contributed by atoms with Crippen LogP contribution >= 0.6 is 18.3 Å². The summed E-state index contributed by atoms with van der Waals surface area (Å²) < 4.78 is 88.4. The Morgan fingerprint density at radius 3 is 0.924 bits per heavy atom. The monoisotopic (exact) mass is 1740 g/mol. The van der Waals surface area contributed by atoms with Gasteiger partial charge in [-0.25, -0.2) is 66.6 Å². The van der Waals surface area contributed by atoms with Gasteiger partial charge >= 0.3 is 85.4 Å². The molecule has 4 heterocycles. The Morgan fingerprint density at radius 1 is 0.378 bits per heavy atom. The number of nitrogens with two attached hydrogens (primary N) is 1. The van der Waals surface area contributed by atoms with Crippen molar-refractivity contribution in [3.63, 3.8) is 0 Å². The van der Waals surface area contributed by atoms with Gasteiger partial charge in [0.05, 0.1) is 53.9 Å². The summed E-state index contributed by atoms with van der Waals surface area (Å²) in [6.45, 7) is 33.9. The maximum atomic E-state index is 12.6. The first-order chi connectivity index (χ1) is 54.1. The van der Waals surface area contributed by atoms with Gasteiger partial charge in [-0.1, -0.05) is 55.8 Å². The summed E-state index contributed by atoms with van der Waals surface area (Å²) in [5.41, 5.74) is 3.96. The van der Waals surface area contributed by atoms with E-state index >= 15 is 0 Å². The summed E-state index contributed by atoms with van der Waals surface area (Å²) in [5.74, 6) is -1.55. The van der Waals surface area contributed by atoms with E-state index in [9.17, 15) is 66.9 Å². The molecule has 0 amide bonds. The van der Waals surface area contributed by atoms with Crippen molar-refractivity contribution in [2.45, 2.75) is 141 Å². The Morgan fingerprint density at radius 2 is 0.639 bits per heavy atom. The van der Waals surface area contributed by atoms with Crippen molar-refractivity contribution in [1.82, 2.24) is 29.4 Å². The normalized spacial score (nSPS) is 15.3. The summed E-state index contributed by atoms with van der Waals surface area (Å²) >= 11 is 0. The third-order valence-electron chi connectivity index (χ3n) is 15.3. The molecule has 0 aromatic carbocycles. The number of likely N-dealkylation sites (tertiary alicyclic amines) is 1. The van der Waals surface area contributed by atoms with Gasteiger partial charge in [-0.05, 0) is 94.3 Å². The fourth-order valence-electron chi connectivity index (χ4n) is 8.87. The topological polar surface area (TPSA) is 432 Å². The van der Waals surface area contributed by atoms with Gasteiger partial charge in [-0.3, -0.25) is 38.3 Å². The minimum atomic E-state index is -3.96. The van der Waals surface area contributed by atoms with Crippen LogP contribution in [0.15, 0.2) is 72.9 Å². The molecular formula is C80H142N7O30PS. The van der Waals surface area contributed by atoms with E-state index in [2.05, 4.69) is 94.1 Å². The van der Waals surface area contributed by atoms with Crippen LogP contribution in [0.1, 0.15) is 118 Å². The van der Waals surface area contributed by atoms with Crippen molar-refractivity contribution in [2.75, 3.05) is 212 Å². The molecule has 0 radical (unpaired) electrons. The summed E-state index contributed by atoms with van der Waals surface area (Å²) in [4.78, 5) is 157. The predicted octanol–water partition coefficient (Wildman–Crippen LogP) is 6.11. The van der Waals surface area contributed by atoms with E-state index in [1.165, 1.54) is 61.9 Å². The molecule has 0 aromatic heterocycles. The number of methoxy groups -OCH3 is 6. The molecule has 0 spiro atoms. The molecule has 39 heteroatoms. The summed E-state index contributed by atoms with van der Waals surface area (Å²) in [6, 6.07) is -0.117. The van der Waals surface area contributed by atoms with Crippen molar-refractivity contribution in [2.24, 2.45) is 11.7 Å². The lowest BCUT2D eigenvalue weighted by molar-refractivity contribution is -0.151. The van der Waals surface area contributed by atoms with Crippen molar-refractivity contribution < 1.29 is 142 Å². The minimum absolute atomic E-state index is 0. The van der Waals surface area contributed by atoms with Gasteiger partial charge in [0, 0.05) is 182 Å². The van der Waals surface area contributed by atoms with E-state index < -0.39 is 109 Å². The molecule has 4 fully saturated rings. The van der Waals surface area contributed by atoms with E-state index in [4.69, 9.17) is 43.0 Å². The third-order valence-corrected chi connectivity index (χ3v) is 18.8. The van der Waals surface area contributed by atoms with Gasteiger partial charge in [-0.2, -0.15) is 10.5 Å². The second kappa shape index (κ2) is 71.3. The fraction of sp³-hybridized carbons (Fsp3) is 0.675. The lowest BCUT2D eigenvalue weighted by atomic mass is 10.1. The molecule has 2 N–H and O–H groups in total. The Balaban J connectivity index is -0.000000320. The third kappa shape index (κ3) is 71.1. The molecule has 4 aliphatic heterocycles. The second-order valence-corrected chi connectivity index (χ2v) is 30.9. The molecule has 0 saturated carbocycles. The second-order valence-electron chi connectivity index (χ2n) is 27.4. The van der Waals surface area contributed by atoms with Gasteiger partial charge in [0.25, 0.3) is 0 Å². The number of piperazine rings is 2. The van der Waals surface area contributed by atoms with E-state index in [1.54, 1.807) is 55.4 Å². The van der Waals surface area contributed by atoms with Gasteiger partial charge in [0.1, 0.15) is 45.7 Å². The minimum Gasteiger partial charge on any atom is -0.466 e. The number of phosphoric acid groups is 1. The molecule has 4 saturated heterocycles. The number of piperidine rings is 1. The number of hydrogen-bond donors (Lipinski definition) is 1. The molecule has 0 aliphatic carbocycles. The number of hydrogen-bond acceptors (Lipinski definition) is 37. The zero-order valence-corrected chi connectivity index (χ0v) is 71.7. The van der Waals surface area contributed by atoms with Crippen LogP contribution in [0.25, 0.3) is 0 Å². The van der Waals surface area contributed by atoms with Crippen molar-refractivity contribution in [3.8, 4) is 0 Å². The number of carbonyl (C=O) groups excluding carboxylic acids is 13. The van der Waals surface area contributed by atoms with Crippen LogP contribution in [-0.4, -0.2) is 349 Å². The number of phosphoric ester groups is 1. The summed E-state index contributed by atoms with van der Waals surface area (Å²) in [7, 11) is 5.83.